The van der Waals surface area contributed by atoms with Gasteiger partial charge in [0.05, 0.1) is 23.3 Å². The number of carbonyl (C=O) groups is 1. The molecule has 4 nitrogen and oxygen atoms in total. The van der Waals surface area contributed by atoms with Crippen LogP contribution in [0.25, 0.3) is 0 Å². The Balaban J connectivity index is 2.84. The van der Waals surface area contributed by atoms with Gasteiger partial charge in [-0.2, -0.15) is 0 Å². The molecule has 0 spiro atoms. The molecule has 0 saturated heterocycles. The van der Waals surface area contributed by atoms with Gasteiger partial charge in [0.25, 0.3) is 0 Å². The molecule has 1 aromatic rings. The van der Waals surface area contributed by atoms with Crippen LogP contribution >= 0.6 is 27.5 Å². The first kappa shape index (κ1) is 16.3. The Morgan fingerprint density at radius 2 is 2.26 bits per heavy atom. The van der Waals surface area contributed by atoms with Crippen LogP contribution in [0.2, 0.25) is 5.02 Å². The van der Waals surface area contributed by atoms with E-state index in [2.05, 4.69) is 28.2 Å². The minimum Gasteiger partial charge on any atom is -0.493 e. The molecule has 0 saturated carbocycles. The van der Waals surface area contributed by atoms with Gasteiger partial charge in [-0.05, 0) is 34.5 Å². The van der Waals surface area contributed by atoms with Crippen LogP contribution in [0.1, 0.15) is 26.2 Å². The van der Waals surface area contributed by atoms with Gasteiger partial charge in [-0.1, -0.05) is 31.4 Å². The second-order valence-corrected chi connectivity index (χ2v) is 5.50. The van der Waals surface area contributed by atoms with Crippen molar-refractivity contribution in [3.8, 4) is 5.75 Å². The van der Waals surface area contributed by atoms with Gasteiger partial charge in [-0.3, -0.25) is 4.79 Å². The fourth-order valence-electron chi connectivity index (χ4n) is 1.64. The van der Waals surface area contributed by atoms with Crippen molar-refractivity contribution in [1.82, 2.24) is 0 Å². The average molecular weight is 350 g/mol. The maximum atomic E-state index is 12.0. The van der Waals surface area contributed by atoms with Crippen molar-refractivity contribution in [3.63, 3.8) is 0 Å². The topological polar surface area (TPSA) is 64.4 Å². The van der Waals surface area contributed by atoms with Crippen LogP contribution in [-0.4, -0.2) is 19.1 Å². The Morgan fingerprint density at radius 3 is 2.84 bits per heavy atom. The summed E-state index contributed by atoms with van der Waals surface area (Å²) in [5.74, 6) is 0.293. The standard InChI is InChI=1S/C13H18BrClN2O2/c1-3-4-5-10(16)13(18)17-11-7-8(15)6-9(14)12(11)19-2/h6-7,10H,3-5,16H2,1-2H3,(H,17,18)/t10-/m0/s1. The lowest BCUT2D eigenvalue weighted by Gasteiger charge is -2.15. The number of anilines is 1. The van der Waals surface area contributed by atoms with Crippen LogP contribution in [0.15, 0.2) is 16.6 Å². The van der Waals surface area contributed by atoms with Gasteiger partial charge in [-0.25, -0.2) is 0 Å². The number of methoxy groups -OCH3 is 1. The predicted octanol–water partition coefficient (Wildman–Crippen LogP) is 3.57. The van der Waals surface area contributed by atoms with Crippen LogP contribution in [0, 0.1) is 0 Å². The molecular formula is C13H18BrClN2O2. The lowest BCUT2D eigenvalue weighted by molar-refractivity contribution is -0.117. The molecule has 6 heteroatoms. The second kappa shape index (κ2) is 7.72. The highest BCUT2D eigenvalue weighted by Gasteiger charge is 2.17. The van der Waals surface area contributed by atoms with Crippen molar-refractivity contribution in [2.24, 2.45) is 5.73 Å². The van der Waals surface area contributed by atoms with Crippen molar-refractivity contribution >= 4 is 39.1 Å². The second-order valence-electron chi connectivity index (χ2n) is 4.21. The molecule has 0 fully saturated rings. The number of rotatable bonds is 6. The third kappa shape index (κ3) is 4.67. The van der Waals surface area contributed by atoms with Crippen LogP contribution in [0.5, 0.6) is 5.75 Å². The summed E-state index contributed by atoms with van der Waals surface area (Å²) in [7, 11) is 1.53. The van der Waals surface area contributed by atoms with Gasteiger partial charge in [0.15, 0.2) is 5.75 Å². The van der Waals surface area contributed by atoms with E-state index in [-0.39, 0.29) is 5.91 Å². The first-order valence-corrected chi connectivity index (χ1v) is 7.26. The Bertz CT molecular complexity index is 455. The van der Waals surface area contributed by atoms with Crippen LogP contribution in [-0.2, 0) is 4.79 Å². The molecule has 0 radical (unpaired) electrons. The van der Waals surface area contributed by atoms with Gasteiger partial charge in [0.1, 0.15) is 0 Å². The summed E-state index contributed by atoms with van der Waals surface area (Å²) in [6.45, 7) is 2.06. The number of hydrogen-bond acceptors (Lipinski definition) is 3. The van der Waals surface area contributed by atoms with Crippen LogP contribution in [0.3, 0.4) is 0 Å². The smallest absolute Gasteiger partial charge is 0.241 e. The quantitative estimate of drug-likeness (QED) is 0.825. The van der Waals surface area contributed by atoms with E-state index < -0.39 is 6.04 Å². The normalized spacial score (nSPS) is 12.1. The maximum Gasteiger partial charge on any atom is 0.241 e. The zero-order valence-corrected chi connectivity index (χ0v) is 13.3. The maximum absolute atomic E-state index is 12.0. The third-order valence-corrected chi connectivity index (χ3v) is 3.48. The highest BCUT2D eigenvalue weighted by Crippen LogP contribution is 2.36. The van der Waals surface area contributed by atoms with Crippen molar-refractivity contribution < 1.29 is 9.53 Å². The largest absolute Gasteiger partial charge is 0.493 e. The molecular weight excluding hydrogens is 332 g/mol. The van der Waals surface area contributed by atoms with Gasteiger partial charge < -0.3 is 15.8 Å². The molecule has 0 unspecified atom stereocenters. The molecule has 1 rings (SSSR count). The molecule has 0 heterocycles. The molecule has 0 aliphatic rings. The van der Waals surface area contributed by atoms with E-state index in [1.165, 1.54) is 7.11 Å². The number of nitrogens with one attached hydrogen (secondary N) is 1. The van der Waals surface area contributed by atoms with E-state index in [0.717, 1.165) is 12.8 Å². The van der Waals surface area contributed by atoms with Gasteiger partial charge in [-0.15, -0.1) is 0 Å². The number of halogens is 2. The predicted molar refractivity (Wildman–Crippen MR) is 81.8 cm³/mol. The molecule has 106 valence electrons. The highest BCUT2D eigenvalue weighted by molar-refractivity contribution is 9.10. The van der Waals surface area contributed by atoms with E-state index in [1.54, 1.807) is 12.1 Å². The fraction of sp³-hybridized carbons (Fsp3) is 0.462. The Labute approximate surface area is 126 Å². The molecule has 0 aliphatic heterocycles. The summed E-state index contributed by atoms with van der Waals surface area (Å²) in [6, 6.07) is 2.81. The minimum absolute atomic E-state index is 0.235. The third-order valence-electron chi connectivity index (χ3n) is 2.68. The number of hydrogen-bond donors (Lipinski definition) is 2. The number of carbonyl (C=O) groups excluding carboxylic acids is 1. The van der Waals surface area contributed by atoms with Gasteiger partial charge in [0, 0.05) is 5.02 Å². The van der Waals surface area contributed by atoms with E-state index in [1.807, 2.05) is 0 Å². The van der Waals surface area contributed by atoms with Crippen molar-refractivity contribution in [2.75, 3.05) is 12.4 Å². The average Bonchev–Trinajstić information content (AvgIpc) is 2.35. The summed E-state index contributed by atoms with van der Waals surface area (Å²) in [6.07, 6.45) is 2.59. The number of amides is 1. The SMILES string of the molecule is CCCC[C@H](N)C(=O)Nc1cc(Cl)cc(Br)c1OC. The van der Waals surface area contributed by atoms with Gasteiger partial charge >= 0.3 is 0 Å². The zero-order chi connectivity index (χ0) is 14.4. The lowest BCUT2D eigenvalue weighted by atomic mass is 10.1. The molecule has 1 atom stereocenters. The molecule has 0 aromatic heterocycles. The number of benzene rings is 1. The minimum atomic E-state index is -0.526. The Morgan fingerprint density at radius 1 is 1.58 bits per heavy atom. The lowest BCUT2D eigenvalue weighted by Crippen LogP contribution is -2.35. The molecule has 3 N–H and O–H groups in total. The zero-order valence-electron chi connectivity index (χ0n) is 11.0. The monoisotopic (exact) mass is 348 g/mol. The Kier molecular flexibility index (Phi) is 6.62. The molecule has 0 aliphatic carbocycles. The molecule has 1 aromatic carbocycles. The van der Waals surface area contributed by atoms with Crippen LogP contribution in [0.4, 0.5) is 5.69 Å². The van der Waals surface area contributed by atoms with E-state index in [4.69, 9.17) is 22.1 Å². The van der Waals surface area contributed by atoms with E-state index in [0.29, 0.717) is 27.4 Å². The fourth-order valence-corrected chi connectivity index (χ4v) is 2.61. The summed E-state index contributed by atoms with van der Waals surface area (Å²) in [5.41, 5.74) is 6.33. The number of ether oxygens (including phenoxy) is 1. The summed E-state index contributed by atoms with van der Waals surface area (Å²) in [5, 5.41) is 3.25. The van der Waals surface area contributed by atoms with Crippen molar-refractivity contribution in [2.45, 2.75) is 32.2 Å². The number of unbranched alkanes of at least 4 members (excludes halogenated alkanes) is 1. The van der Waals surface area contributed by atoms with Gasteiger partial charge in [0.2, 0.25) is 5.91 Å². The van der Waals surface area contributed by atoms with Crippen molar-refractivity contribution in [1.29, 1.82) is 0 Å². The first-order valence-electron chi connectivity index (χ1n) is 6.09. The number of nitrogens with two attached hydrogens (primary N) is 1. The summed E-state index contributed by atoms with van der Waals surface area (Å²) >= 11 is 9.29. The van der Waals surface area contributed by atoms with E-state index in [9.17, 15) is 4.79 Å². The van der Waals surface area contributed by atoms with Crippen molar-refractivity contribution in [3.05, 3.63) is 21.6 Å². The molecule has 19 heavy (non-hydrogen) atoms. The summed E-state index contributed by atoms with van der Waals surface area (Å²) < 4.78 is 5.91. The molecule has 0 bridgehead atoms. The first-order chi connectivity index (χ1) is 8.99. The van der Waals surface area contributed by atoms with Crippen LogP contribution < -0.4 is 15.8 Å². The molecule has 1 amide bonds. The highest BCUT2D eigenvalue weighted by atomic mass is 79.9. The van der Waals surface area contributed by atoms with E-state index >= 15 is 0 Å². The summed E-state index contributed by atoms with van der Waals surface area (Å²) in [4.78, 5) is 12.0. The Hall–Kier alpha value is -0.780.